The molecule has 0 aromatic carbocycles. The largest absolute Gasteiger partial charge is 0.381 e. The van der Waals surface area contributed by atoms with Crippen LogP contribution >= 0.6 is 0 Å². The highest BCUT2D eigenvalue weighted by atomic mass is 19.1. The number of anilines is 2. The third kappa shape index (κ3) is 3.23. The summed E-state index contributed by atoms with van der Waals surface area (Å²) in [6, 6.07) is 0. The van der Waals surface area contributed by atoms with Crippen molar-refractivity contribution >= 4 is 11.6 Å². The first-order chi connectivity index (χ1) is 6.20. The zero-order valence-corrected chi connectivity index (χ0v) is 7.50. The maximum absolute atomic E-state index is 12.4. The van der Waals surface area contributed by atoms with Gasteiger partial charge in [-0.15, -0.1) is 0 Å². The van der Waals surface area contributed by atoms with Gasteiger partial charge in [0.15, 0.2) is 11.6 Å². The van der Waals surface area contributed by atoms with Gasteiger partial charge in [0.2, 0.25) is 0 Å². The van der Waals surface area contributed by atoms with Gasteiger partial charge in [-0.05, 0) is 13.3 Å². The Hall–Kier alpha value is -1.39. The Morgan fingerprint density at radius 1 is 1.54 bits per heavy atom. The number of aromatic nitrogens is 2. The lowest BCUT2D eigenvalue weighted by Gasteiger charge is -2.06. The van der Waals surface area contributed by atoms with Crippen molar-refractivity contribution in [3.8, 4) is 0 Å². The monoisotopic (exact) mass is 184 g/mol. The summed E-state index contributed by atoms with van der Waals surface area (Å²) in [4.78, 5) is 7.79. The predicted octanol–water partition coefficient (Wildman–Crippen LogP) is 1.22. The summed E-state index contributed by atoms with van der Waals surface area (Å²) in [7, 11) is 0. The van der Waals surface area contributed by atoms with Crippen molar-refractivity contribution in [2.75, 3.05) is 17.6 Å². The average molecular weight is 184 g/mol. The molecule has 1 unspecified atom stereocenters. The van der Waals surface area contributed by atoms with Crippen LogP contribution in [-0.2, 0) is 0 Å². The topological polar surface area (TPSA) is 63.8 Å². The predicted molar refractivity (Wildman–Crippen MR) is 50.1 cm³/mol. The molecular formula is C8H13FN4. The van der Waals surface area contributed by atoms with Crippen molar-refractivity contribution in [2.24, 2.45) is 0 Å². The van der Waals surface area contributed by atoms with Gasteiger partial charge in [-0.1, -0.05) is 0 Å². The summed E-state index contributed by atoms with van der Waals surface area (Å²) in [5.41, 5.74) is 5.51. The summed E-state index contributed by atoms with van der Waals surface area (Å²) in [5, 5.41) is 2.91. The highest BCUT2D eigenvalue weighted by molar-refractivity contribution is 5.54. The van der Waals surface area contributed by atoms with Crippen molar-refractivity contribution in [3.63, 3.8) is 0 Å². The first kappa shape index (κ1) is 9.70. The molecule has 1 atom stereocenters. The van der Waals surface area contributed by atoms with Gasteiger partial charge in [-0.3, -0.25) is 0 Å². The van der Waals surface area contributed by atoms with Crippen LogP contribution in [0, 0.1) is 0 Å². The van der Waals surface area contributed by atoms with E-state index in [4.69, 9.17) is 5.73 Å². The van der Waals surface area contributed by atoms with E-state index in [1.54, 1.807) is 0 Å². The molecule has 1 rings (SSSR count). The minimum atomic E-state index is -0.814. The number of nitrogens with one attached hydrogen (secondary N) is 1. The van der Waals surface area contributed by atoms with E-state index in [1.165, 1.54) is 19.3 Å². The number of halogens is 1. The second kappa shape index (κ2) is 4.59. The number of alkyl halides is 1. The summed E-state index contributed by atoms with van der Waals surface area (Å²) >= 11 is 0. The molecule has 0 fully saturated rings. The second-order valence-electron chi connectivity index (χ2n) is 2.79. The van der Waals surface area contributed by atoms with Gasteiger partial charge in [0.05, 0.1) is 6.17 Å². The molecule has 72 valence electrons. The average Bonchev–Trinajstić information content (AvgIpc) is 2.08. The molecule has 0 saturated carbocycles. The van der Waals surface area contributed by atoms with Gasteiger partial charge < -0.3 is 11.1 Å². The third-order valence-corrected chi connectivity index (χ3v) is 1.56. The molecule has 1 heterocycles. The number of nitrogen functional groups attached to an aromatic ring is 1. The Morgan fingerprint density at radius 2 is 2.23 bits per heavy atom. The van der Waals surface area contributed by atoms with Crippen molar-refractivity contribution in [1.29, 1.82) is 0 Å². The van der Waals surface area contributed by atoms with E-state index in [-0.39, 0.29) is 0 Å². The fourth-order valence-electron chi connectivity index (χ4n) is 0.874. The molecule has 5 heteroatoms. The molecule has 3 N–H and O–H groups in total. The number of hydrogen-bond acceptors (Lipinski definition) is 4. The molecule has 0 saturated heterocycles. The molecule has 0 bridgehead atoms. The minimum absolute atomic E-state index is 0.342. The highest BCUT2D eigenvalue weighted by Gasteiger charge is 2.01. The van der Waals surface area contributed by atoms with Crippen molar-refractivity contribution in [2.45, 2.75) is 19.5 Å². The maximum Gasteiger partial charge on any atom is 0.168 e. The molecule has 13 heavy (non-hydrogen) atoms. The van der Waals surface area contributed by atoms with E-state index in [1.807, 2.05) is 0 Å². The lowest BCUT2D eigenvalue weighted by atomic mass is 10.3. The quantitative estimate of drug-likeness (QED) is 0.738. The van der Waals surface area contributed by atoms with Crippen LogP contribution in [0.25, 0.3) is 0 Å². The van der Waals surface area contributed by atoms with Crippen LogP contribution in [0.5, 0.6) is 0 Å². The van der Waals surface area contributed by atoms with Crippen LogP contribution < -0.4 is 11.1 Å². The lowest BCUT2D eigenvalue weighted by Crippen LogP contribution is -2.10. The molecule has 0 aliphatic carbocycles. The fourth-order valence-corrected chi connectivity index (χ4v) is 0.874. The molecule has 4 nitrogen and oxygen atoms in total. The van der Waals surface area contributed by atoms with Crippen molar-refractivity contribution in [1.82, 2.24) is 9.97 Å². The van der Waals surface area contributed by atoms with E-state index in [0.29, 0.717) is 24.6 Å². The normalized spacial score (nSPS) is 12.5. The number of nitrogens with two attached hydrogens (primary N) is 1. The summed E-state index contributed by atoms with van der Waals surface area (Å²) in [6.45, 7) is 2.03. The molecule has 0 radical (unpaired) electrons. The highest BCUT2D eigenvalue weighted by Crippen LogP contribution is 2.09. The van der Waals surface area contributed by atoms with Gasteiger partial charge in [0, 0.05) is 18.9 Å². The standard InChI is InChI=1S/C8H13FN4/c1-6(9)2-3-12-8-7(10)11-4-5-13-8/h4-6H,2-3H2,1H3,(H2,10,11)(H,12,13). The Bertz CT molecular complexity index is 264. The minimum Gasteiger partial charge on any atom is -0.381 e. The van der Waals surface area contributed by atoms with Gasteiger partial charge in [-0.2, -0.15) is 0 Å². The van der Waals surface area contributed by atoms with Crippen LogP contribution in [0.1, 0.15) is 13.3 Å². The van der Waals surface area contributed by atoms with Crippen LogP contribution in [0.3, 0.4) is 0 Å². The van der Waals surface area contributed by atoms with E-state index < -0.39 is 6.17 Å². The molecule has 0 aliphatic heterocycles. The van der Waals surface area contributed by atoms with Gasteiger partial charge in [0.25, 0.3) is 0 Å². The first-order valence-corrected chi connectivity index (χ1v) is 4.14. The Labute approximate surface area is 76.4 Å². The Morgan fingerprint density at radius 3 is 2.85 bits per heavy atom. The van der Waals surface area contributed by atoms with E-state index in [0.717, 1.165) is 0 Å². The zero-order chi connectivity index (χ0) is 9.68. The van der Waals surface area contributed by atoms with Crippen LogP contribution in [0.15, 0.2) is 12.4 Å². The van der Waals surface area contributed by atoms with Crippen LogP contribution in [-0.4, -0.2) is 22.7 Å². The van der Waals surface area contributed by atoms with E-state index in [2.05, 4.69) is 15.3 Å². The Kier molecular flexibility index (Phi) is 3.42. The summed E-state index contributed by atoms with van der Waals surface area (Å²) in [6.07, 6.45) is 2.68. The molecule has 1 aromatic rings. The number of rotatable bonds is 4. The van der Waals surface area contributed by atoms with Gasteiger partial charge >= 0.3 is 0 Å². The first-order valence-electron chi connectivity index (χ1n) is 4.14. The zero-order valence-electron chi connectivity index (χ0n) is 7.50. The van der Waals surface area contributed by atoms with Gasteiger partial charge in [-0.25, -0.2) is 14.4 Å². The number of hydrogen-bond donors (Lipinski definition) is 2. The molecular weight excluding hydrogens is 171 g/mol. The lowest BCUT2D eigenvalue weighted by molar-refractivity contribution is 0.348. The smallest absolute Gasteiger partial charge is 0.168 e. The number of nitrogens with zero attached hydrogens (tertiary/aromatic N) is 2. The fraction of sp³-hybridized carbons (Fsp3) is 0.500. The van der Waals surface area contributed by atoms with Crippen LogP contribution in [0.4, 0.5) is 16.0 Å². The van der Waals surface area contributed by atoms with E-state index in [9.17, 15) is 4.39 Å². The molecule has 0 spiro atoms. The summed E-state index contributed by atoms with van der Waals surface area (Å²) < 4.78 is 12.4. The SMILES string of the molecule is CC(F)CCNc1nccnc1N. The van der Waals surface area contributed by atoms with Gasteiger partial charge in [0.1, 0.15) is 0 Å². The molecule has 1 aromatic heterocycles. The summed E-state index contributed by atoms with van der Waals surface area (Å²) in [5.74, 6) is 0.858. The maximum atomic E-state index is 12.4. The van der Waals surface area contributed by atoms with E-state index >= 15 is 0 Å². The third-order valence-electron chi connectivity index (χ3n) is 1.56. The second-order valence-corrected chi connectivity index (χ2v) is 2.79. The molecule has 0 aliphatic rings. The van der Waals surface area contributed by atoms with Crippen molar-refractivity contribution in [3.05, 3.63) is 12.4 Å². The van der Waals surface area contributed by atoms with Crippen LogP contribution in [0.2, 0.25) is 0 Å². The Balaban J connectivity index is 2.41. The molecule has 0 amide bonds. The van der Waals surface area contributed by atoms with Crippen molar-refractivity contribution < 1.29 is 4.39 Å².